The van der Waals surface area contributed by atoms with Crippen molar-refractivity contribution >= 4 is 23.0 Å². The number of esters is 2. The summed E-state index contributed by atoms with van der Waals surface area (Å²) in [6.07, 6.45) is 0. The number of hydrogen-bond donors (Lipinski definition) is 2. The Labute approximate surface area is 111 Å². The van der Waals surface area contributed by atoms with Crippen LogP contribution in [0.4, 0.5) is 0 Å². The zero-order chi connectivity index (χ0) is 14.7. The van der Waals surface area contributed by atoms with Crippen LogP contribution in [0, 0.1) is 0 Å². The number of aromatic nitrogens is 2. The van der Waals surface area contributed by atoms with E-state index in [-0.39, 0.29) is 11.1 Å². The third kappa shape index (κ3) is 2.74. The first kappa shape index (κ1) is 13.5. The Balaban J connectivity index is 2.29. The maximum Gasteiger partial charge on any atom is 0.344 e. The molecule has 0 fully saturated rings. The molecule has 8 nitrogen and oxygen atoms in total. The predicted molar refractivity (Wildman–Crippen MR) is 67.5 cm³/mol. The van der Waals surface area contributed by atoms with E-state index in [0.717, 1.165) is 0 Å². The number of aromatic amines is 2. The molecule has 104 valence electrons. The third-order valence-electron chi connectivity index (χ3n) is 2.51. The number of benzene rings is 1. The Bertz CT molecular complexity index is 788. The van der Waals surface area contributed by atoms with Gasteiger partial charge in [0.25, 0.3) is 0 Å². The average molecular weight is 278 g/mol. The molecule has 0 aliphatic heterocycles. The van der Waals surface area contributed by atoms with Crippen LogP contribution in [0.2, 0.25) is 0 Å². The number of carbonyl (C=O) groups is 2. The van der Waals surface area contributed by atoms with Crippen LogP contribution in [-0.4, -0.2) is 35.6 Å². The summed E-state index contributed by atoms with van der Waals surface area (Å²) in [5.74, 6) is -1.43. The van der Waals surface area contributed by atoms with Crippen LogP contribution in [0.3, 0.4) is 0 Å². The Kier molecular flexibility index (Phi) is 3.65. The Morgan fingerprint density at radius 2 is 1.75 bits per heavy atom. The number of methoxy groups -OCH3 is 1. The third-order valence-corrected chi connectivity index (χ3v) is 2.51. The maximum atomic E-state index is 11.7. The van der Waals surface area contributed by atoms with Crippen molar-refractivity contribution in [1.82, 2.24) is 9.97 Å². The molecule has 0 saturated heterocycles. The molecule has 2 N–H and O–H groups in total. The fraction of sp³-hybridized carbons (Fsp3) is 0.167. The molecule has 1 aromatic carbocycles. The van der Waals surface area contributed by atoms with Crippen molar-refractivity contribution in [1.29, 1.82) is 0 Å². The molecule has 0 saturated carbocycles. The van der Waals surface area contributed by atoms with Gasteiger partial charge in [-0.1, -0.05) is 0 Å². The van der Waals surface area contributed by atoms with Gasteiger partial charge >= 0.3 is 23.1 Å². The largest absolute Gasteiger partial charge is 0.466 e. The molecule has 2 aromatic rings. The van der Waals surface area contributed by atoms with Gasteiger partial charge in [0.15, 0.2) is 6.61 Å². The molecule has 0 radical (unpaired) electrons. The van der Waals surface area contributed by atoms with Crippen LogP contribution in [0.1, 0.15) is 10.4 Å². The highest BCUT2D eigenvalue weighted by Gasteiger charge is 2.11. The average Bonchev–Trinajstić information content (AvgIpc) is 2.45. The highest BCUT2D eigenvalue weighted by molar-refractivity contribution is 5.94. The van der Waals surface area contributed by atoms with Gasteiger partial charge in [0, 0.05) is 0 Å². The van der Waals surface area contributed by atoms with Crippen molar-refractivity contribution in [2.45, 2.75) is 0 Å². The van der Waals surface area contributed by atoms with Gasteiger partial charge in [0.2, 0.25) is 0 Å². The zero-order valence-electron chi connectivity index (χ0n) is 10.4. The SMILES string of the molecule is COC(=O)COC(=O)c1ccc2[nH]c(=O)c(=O)[nH]c2c1. The minimum absolute atomic E-state index is 0.129. The summed E-state index contributed by atoms with van der Waals surface area (Å²) in [6.45, 7) is -0.504. The second-order valence-corrected chi connectivity index (χ2v) is 3.82. The number of nitrogens with one attached hydrogen (secondary N) is 2. The van der Waals surface area contributed by atoms with Gasteiger partial charge in [-0.25, -0.2) is 9.59 Å². The normalized spacial score (nSPS) is 10.2. The molecule has 0 aliphatic carbocycles. The van der Waals surface area contributed by atoms with Crippen LogP contribution < -0.4 is 11.1 Å². The van der Waals surface area contributed by atoms with E-state index in [2.05, 4.69) is 14.7 Å². The summed E-state index contributed by atoms with van der Waals surface area (Å²) in [4.78, 5) is 49.5. The number of hydrogen-bond acceptors (Lipinski definition) is 6. The van der Waals surface area contributed by atoms with Gasteiger partial charge in [-0.05, 0) is 18.2 Å². The van der Waals surface area contributed by atoms with Crippen molar-refractivity contribution in [2.75, 3.05) is 13.7 Å². The molecule has 8 heteroatoms. The fourth-order valence-electron chi connectivity index (χ4n) is 1.51. The van der Waals surface area contributed by atoms with E-state index >= 15 is 0 Å². The quantitative estimate of drug-likeness (QED) is 0.579. The Hall–Kier alpha value is -2.90. The maximum absolute atomic E-state index is 11.7. The number of H-pyrrole nitrogens is 2. The topological polar surface area (TPSA) is 118 Å². The lowest BCUT2D eigenvalue weighted by atomic mass is 10.2. The number of carbonyl (C=O) groups excluding carboxylic acids is 2. The molecule has 1 aromatic heterocycles. The van der Waals surface area contributed by atoms with Crippen LogP contribution in [0.5, 0.6) is 0 Å². The van der Waals surface area contributed by atoms with E-state index in [9.17, 15) is 19.2 Å². The summed E-state index contributed by atoms with van der Waals surface area (Å²) >= 11 is 0. The highest BCUT2D eigenvalue weighted by atomic mass is 16.6. The van der Waals surface area contributed by atoms with E-state index in [1.54, 1.807) is 0 Å². The van der Waals surface area contributed by atoms with Crippen LogP contribution in [-0.2, 0) is 14.3 Å². The first-order valence-electron chi connectivity index (χ1n) is 5.51. The van der Waals surface area contributed by atoms with Gasteiger partial charge < -0.3 is 19.4 Å². The van der Waals surface area contributed by atoms with Gasteiger partial charge in [0.05, 0.1) is 23.7 Å². The Morgan fingerprint density at radius 3 is 2.40 bits per heavy atom. The van der Waals surface area contributed by atoms with Gasteiger partial charge in [-0.3, -0.25) is 9.59 Å². The monoisotopic (exact) mass is 278 g/mol. The molecule has 2 rings (SSSR count). The molecule has 20 heavy (non-hydrogen) atoms. The van der Waals surface area contributed by atoms with Crippen molar-refractivity contribution in [3.05, 3.63) is 44.5 Å². The first-order valence-corrected chi connectivity index (χ1v) is 5.51. The lowest BCUT2D eigenvalue weighted by Crippen LogP contribution is -2.29. The van der Waals surface area contributed by atoms with Crippen molar-refractivity contribution in [3.63, 3.8) is 0 Å². The molecule has 0 aliphatic rings. The highest BCUT2D eigenvalue weighted by Crippen LogP contribution is 2.10. The number of ether oxygens (including phenoxy) is 2. The second kappa shape index (κ2) is 5.39. The van der Waals surface area contributed by atoms with E-state index in [0.29, 0.717) is 5.52 Å². The Morgan fingerprint density at radius 1 is 1.10 bits per heavy atom. The van der Waals surface area contributed by atoms with E-state index in [1.165, 1.54) is 25.3 Å². The van der Waals surface area contributed by atoms with Gasteiger partial charge in [0.1, 0.15) is 0 Å². The molecule has 0 amide bonds. The lowest BCUT2D eigenvalue weighted by molar-refractivity contribution is -0.144. The molecular formula is C12H10N2O6. The van der Waals surface area contributed by atoms with Crippen LogP contribution in [0.25, 0.3) is 11.0 Å². The van der Waals surface area contributed by atoms with Crippen molar-refractivity contribution in [2.24, 2.45) is 0 Å². The predicted octanol–water partition coefficient (Wildman–Crippen LogP) is -0.454. The minimum Gasteiger partial charge on any atom is -0.466 e. The van der Waals surface area contributed by atoms with Crippen molar-refractivity contribution < 1.29 is 19.1 Å². The molecule has 0 spiro atoms. The smallest absolute Gasteiger partial charge is 0.344 e. The van der Waals surface area contributed by atoms with E-state index in [4.69, 9.17) is 4.74 Å². The summed E-state index contributed by atoms with van der Waals surface area (Å²) in [7, 11) is 1.17. The minimum atomic E-state index is -0.822. The first-order chi connectivity index (χ1) is 9.51. The molecule has 0 unspecified atom stereocenters. The molecular weight excluding hydrogens is 268 g/mol. The van der Waals surface area contributed by atoms with Crippen LogP contribution in [0.15, 0.2) is 27.8 Å². The number of rotatable bonds is 3. The number of fused-ring (bicyclic) bond motifs is 1. The van der Waals surface area contributed by atoms with Gasteiger partial charge in [-0.15, -0.1) is 0 Å². The summed E-state index contributed by atoms with van der Waals surface area (Å²) < 4.78 is 9.04. The van der Waals surface area contributed by atoms with Crippen LogP contribution >= 0.6 is 0 Å². The molecule has 0 bridgehead atoms. The lowest BCUT2D eigenvalue weighted by Gasteiger charge is -2.04. The molecule has 1 heterocycles. The second-order valence-electron chi connectivity index (χ2n) is 3.82. The van der Waals surface area contributed by atoms with E-state index in [1.807, 2.05) is 0 Å². The van der Waals surface area contributed by atoms with E-state index < -0.39 is 29.7 Å². The summed E-state index contributed by atoms with van der Waals surface area (Å²) in [5, 5.41) is 0. The van der Waals surface area contributed by atoms with Gasteiger partial charge in [-0.2, -0.15) is 0 Å². The zero-order valence-corrected chi connectivity index (χ0v) is 10.4. The summed E-state index contributed by atoms with van der Waals surface area (Å²) in [6, 6.07) is 4.18. The van der Waals surface area contributed by atoms with Crippen molar-refractivity contribution in [3.8, 4) is 0 Å². The fourth-order valence-corrected chi connectivity index (χ4v) is 1.51. The molecule has 0 atom stereocenters. The standard InChI is InChI=1S/C12H10N2O6/c1-19-9(15)5-20-12(18)6-2-3-7-8(4-6)14-11(17)10(16)13-7/h2-4H,5H2,1H3,(H,13,16)(H,14,17). The summed E-state index contributed by atoms with van der Waals surface area (Å²) in [5.41, 5.74) is -0.818.